The normalized spacial score (nSPS) is 14.2. The standard InChI is InChI=1S/C28H43ClN2O7.C23H32ClNO7/c1-8-10-13-31(6)14-15-38-24(34)19(9-2)17-28(5,26(36)37-7)18-27(3,4)25(35)30-22-12-11-20(29)16-21(22)23(32)33;1-6-10-32-21(29)15(7-2)13-23(4,22(30)31-5)12-14(3)19(26)25-18-9-8-16(24)11-17(18)20(27)28/h11-12,16,19H,8-10,13-15,17-18H2,1-7H3,(H,30,35)(H,32,33);8-9,11,14-15H,6-7,10,12-13H2,1-5H3,(H,25,26)(H,27,28). The summed E-state index contributed by atoms with van der Waals surface area (Å²) in [4.78, 5) is 102. The average Bonchev–Trinajstić information content (AvgIpc) is 3.31. The smallest absolute Gasteiger partial charge is 0.337 e. The van der Waals surface area contributed by atoms with E-state index in [9.17, 15) is 48.6 Å². The number of anilines is 2. The predicted octanol–water partition coefficient (Wildman–Crippen LogP) is 9.82. The van der Waals surface area contributed by atoms with Gasteiger partial charge in [-0.15, -0.1) is 0 Å². The van der Waals surface area contributed by atoms with Gasteiger partial charge in [-0.3, -0.25) is 28.8 Å². The number of unbranched alkanes of at least 4 members (excludes halogenated alkanes) is 1. The second-order valence-electron chi connectivity index (χ2n) is 18.8. The van der Waals surface area contributed by atoms with Crippen molar-refractivity contribution in [3.63, 3.8) is 0 Å². The number of carbonyl (C=O) groups excluding carboxylic acids is 6. The minimum absolute atomic E-state index is 0.0536. The molecule has 392 valence electrons. The molecule has 0 aliphatic carbocycles. The van der Waals surface area contributed by atoms with Crippen molar-refractivity contribution in [2.75, 3.05) is 58.2 Å². The summed E-state index contributed by atoms with van der Waals surface area (Å²) in [6.07, 6.45) is 4.23. The summed E-state index contributed by atoms with van der Waals surface area (Å²) in [6, 6.07) is 8.28. The fourth-order valence-corrected chi connectivity index (χ4v) is 8.45. The maximum absolute atomic E-state index is 13.3. The fraction of sp³-hybridized carbons (Fsp3) is 0.608. The third-order valence-corrected chi connectivity index (χ3v) is 12.5. The van der Waals surface area contributed by atoms with Crippen molar-refractivity contribution < 1.29 is 67.5 Å². The second kappa shape index (κ2) is 29.8. The zero-order valence-electron chi connectivity index (χ0n) is 42.9. The molecule has 2 amide bonds. The third kappa shape index (κ3) is 19.9. The van der Waals surface area contributed by atoms with Gasteiger partial charge in [-0.05, 0) is 115 Å². The number of nitrogens with one attached hydrogen (secondary N) is 2. The van der Waals surface area contributed by atoms with E-state index in [1.54, 1.807) is 34.6 Å². The van der Waals surface area contributed by atoms with Crippen molar-refractivity contribution in [2.24, 2.45) is 34.0 Å². The molecule has 0 saturated carbocycles. The minimum Gasteiger partial charge on any atom is -0.478 e. The molecule has 0 bridgehead atoms. The van der Waals surface area contributed by atoms with Crippen LogP contribution in [0.15, 0.2) is 36.4 Å². The van der Waals surface area contributed by atoms with E-state index < -0.39 is 69.7 Å². The van der Waals surface area contributed by atoms with Crippen LogP contribution in [0.1, 0.15) is 141 Å². The van der Waals surface area contributed by atoms with Crippen LogP contribution < -0.4 is 10.6 Å². The molecular formula is C51H75Cl2N3O14. The number of amides is 2. The molecule has 0 aromatic heterocycles. The van der Waals surface area contributed by atoms with Gasteiger partial charge in [0, 0.05) is 27.9 Å². The van der Waals surface area contributed by atoms with Gasteiger partial charge in [-0.2, -0.15) is 0 Å². The van der Waals surface area contributed by atoms with Crippen LogP contribution in [0.2, 0.25) is 10.0 Å². The number of halogens is 2. The van der Waals surface area contributed by atoms with Crippen molar-refractivity contribution in [3.8, 4) is 0 Å². The molecule has 0 aliphatic heterocycles. The summed E-state index contributed by atoms with van der Waals surface area (Å²) >= 11 is 11.8. The summed E-state index contributed by atoms with van der Waals surface area (Å²) < 4.78 is 20.8. The van der Waals surface area contributed by atoms with Crippen molar-refractivity contribution >= 4 is 82.2 Å². The summed E-state index contributed by atoms with van der Waals surface area (Å²) in [7, 11) is 4.51. The van der Waals surface area contributed by atoms with Crippen LogP contribution in [-0.4, -0.2) is 110 Å². The Hall–Kier alpha value is -5.26. The van der Waals surface area contributed by atoms with Gasteiger partial charge in [0.25, 0.3) is 0 Å². The van der Waals surface area contributed by atoms with Gasteiger partial charge in [-0.1, -0.05) is 78.1 Å². The number of likely N-dealkylation sites (N-methyl/N-ethyl adjacent to an activating group) is 1. The van der Waals surface area contributed by atoms with Crippen LogP contribution in [-0.2, 0) is 47.7 Å². The second-order valence-corrected chi connectivity index (χ2v) is 19.7. The van der Waals surface area contributed by atoms with Gasteiger partial charge in [0.15, 0.2) is 0 Å². The van der Waals surface area contributed by atoms with E-state index in [1.807, 2.05) is 27.8 Å². The first-order valence-corrected chi connectivity index (χ1v) is 24.3. The van der Waals surface area contributed by atoms with Crippen LogP contribution in [0, 0.1) is 34.0 Å². The van der Waals surface area contributed by atoms with E-state index in [1.165, 1.54) is 50.6 Å². The number of hydrogen-bond acceptors (Lipinski definition) is 13. The Labute approximate surface area is 423 Å². The number of benzene rings is 2. The molecule has 5 unspecified atom stereocenters. The van der Waals surface area contributed by atoms with Gasteiger partial charge >= 0.3 is 35.8 Å². The molecule has 0 fully saturated rings. The lowest BCUT2D eigenvalue weighted by Gasteiger charge is -2.36. The van der Waals surface area contributed by atoms with Crippen molar-refractivity contribution in [3.05, 3.63) is 57.6 Å². The number of carbonyl (C=O) groups is 8. The highest BCUT2D eigenvalue weighted by molar-refractivity contribution is 6.31. The van der Waals surface area contributed by atoms with Gasteiger partial charge in [0.2, 0.25) is 11.8 Å². The van der Waals surface area contributed by atoms with Gasteiger partial charge in [0.05, 0.1) is 66.0 Å². The Balaban J connectivity index is 0.000000710. The number of carboxylic acid groups (broad SMARTS) is 2. The maximum atomic E-state index is 13.3. The molecule has 0 aliphatic rings. The number of esters is 4. The van der Waals surface area contributed by atoms with Gasteiger partial charge in [-0.25, -0.2) is 9.59 Å². The Morgan fingerprint density at radius 1 is 0.657 bits per heavy atom. The molecule has 17 nitrogen and oxygen atoms in total. The number of methoxy groups -OCH3 is 2. The molecule has 0 saturated heterocycles. The zero-order chi connectivity index (χ0) is 53.6. The van der Waals surface area contributed by atoms with E-state index in [0.29, 0.717) is 32.4 Å². The molecule has 0 radical (unpaired) electrons. The minimum atomic E-state index is -1.24. The summed E-state index contributed by atoms with van der Waals surface area (Å²) in [6.45, 7) is 18.1. The predicted molar refractivity (Wildman–Crippen MR) is 268 cm³/mol. The van der Waals surface area contributed by atoms with E-state index in [0.717, 1.165) is 19.4 Å². The van der Waals surface area contributed by atoms with E-state index >= 15 is 0 Å². The number of carboxylic acids is 2. The number of ether oxygens (including phenoxy) is 4. The highest BCUT2D eigenvalue weighted by Gasteiger charge is 2.46. The molecule has 5 atom stereocenters. The SMILES string of the molecule is CCCCN(C)CCOC(=O)C(CC)CC(C)(CC(C)(C)C(=O)Nc1ccc(Cl)cc1C(=O)O)C(=O)OC.CCCOC(=O)C(CC)CC(C)(CC(C)C(=O)Nc1ccc(Cl)cc1C(=O)O)C(=O)OC. The van der Waals surface area contributed by atoms with Crippen molar-refractivity contribution in [1.29, 1.82) is 0 Å². The molecule has 2 rings (SSSR count). The quantitative estimate of drug-likeness (QED) is 0.0458. The first kappa shape index (κ1) is 62.8. The van der Waals surface area contributed by atoms with E-state index in [-0.39, 0.29) is 76.8 Å². The summed E-state index contributed by atoms with van der Waals surface area (Å²) in [5.41, 5.74) is -3.50. The van der Waals surface area contributed by atoms with E-state index in [2.05, 4.69) is 22.5 Å². The molecule has 2 aromatic carbocycles. The molecular weight excluding hydrogens is 949 g/mol. The Bertz CT molecular complexity index is 2120. The fourth-order valence-electron chi connectivity index (χ4n) is 8.10. The van der Waals surface area contributed by atoms with Crippen LogP contribution >= 0.6 is 23.2 Å². The lowest BCUT2D eigenvalue weighted by molar-refractivity contribution is -0.160. The molecule has 0 spiro atoms. The molecule has 0 heterocycles. The Morgan fingerprint density at radius 2 is 1.11 bits per heavy atom. The Kier molecular flexibility index (Phi) is 26.7. The number of nitrogens with zero attached hydrogens (tertiary/aromatic N) is 1. The van der Waals surface area contributed by atoms with Crippen molar-refractivity contribution in [2.45, 2.75) is 120 Å². The van der Waals surface area contributed by atoms with Crippen LogP contribution in [0.3, 0.4) is 0 Å². The highest BCUT2D eigenvalue weighted by atomic mass is 35.5. The van der Waals surface area contributed by atoms with E-state index in [4.69, 9.17) is 42.1 Å². The molecule has 4 N–H and O–H groups in total. The topological polar surface area (TPSA) is 241 Å². The Morgan fingerprint density at radius 3 is 1.56 bits per heavy atom. The molecule has 70 heavy (non-hydrogen) atoms. The zero-order valence-corrected chi connectivity index (χ0v) is 44.4. The number of rotatable bonds is 28. The van der Waals surface area contributed by atoms with Gasteiger partial charge in [0.1, 0.15) is 6.61 Å². The lowest BCUT2D eigenvalue weighted by atomic mass is 9.69. The lowest BCUT2D eigenvalue weighted by Crippen LogP contribution is -2.42. The number of aromatic carboxylic acids is 2. The summed E-state index contributed by atoms with van der Waals surface area (Å²) in [5, 5.41) is 24.5. The van der Waals surface area contributed by atoms with Crippen LogP contribution in [0.25, 0.3) is 0 Å². The molecule has 2 aromatic rings. The largest absolute Gasteiger partial charge is 0.478 e. The molecule has 19 heteroatoms. The third-order valence-electron chi connectivity index (χ3n) is 12.0. The first-order chi connectivity index (χ1) is 32.7. The number of hydrogen-bond donors (Lipinski definition) is 4. The summed E-state index contributed by atoms with van der Waals surface area (Å²) in [5.74, 6) is -7.01. The average molecular weight is 1030 g/mol. The maximum Gasteiger partial charge on any atom is 0.337 e. The highest BCUT2D eigenvalue weighted by Crippen LogP contribution is 2.42. The first-order valence-electron chi connectivity index (χ1n) is 23.6. The van der Waals surface area contributed by atoms with Crippen LogP contribution in [0.5, 0.6) is 0 Å². The monoisotopic (exact) mass is 1020 g/mol. The van der Waals surface area contributed by atoms with Gasteiger partial charge < -0.3 is 44.7 Å². The van der Waals surface area contributed by atoms with Crippen molar-refractivity contribution in [1.82, 2.24) is 4.90 Å². The van der Waals surface area contributed by atoms with Crippen LogP contribution in [0.4, 0.5) is 11.4 Å².